The zero-order valence-electron chi connectivity index (χ0n) is 4.85. The summed E-state index contributed by atoms with van der Waals surface area (Å²) in [6.07, 6.45) is 2.86. The molecule has 42 valence electrons. The minimum absolute atomic E-state index is 0.792. The van der Waals surface area contributed by atoms with Gasteiger partial charge in [0.2, 0.25) is 0 Å². The lowest BCUT2D eigenvalue weighted by Gasteiger charge is -2.01. The molecule has 2 N–H and O–H groups in total. The molecule has 1 unspecified atom stereocenters. The number of hydrogen-bond acceptors (Lipinski definition) is 1. The van der Waals surface area contributed by atoms with Gasteiger partial charge in [0.25, 0.3) is 0 Å². The van der Waals surface area contributed by atoms with Crippen LogP contribution in [0.2, 0.25) is 0 Å². The molecule has 0 aromatic carbocycles. The molecule has 0 bridgehead atoms. The van der Waals surface area contributed by atoms with Gasteiger partial charge in [0, 0.05) is 0 Å². The molecule has 1 aliphatic carbocycles. The Morgan fingerprint density at radius 2 is 2.29 bits per heavy atom. The van der Waals surface area contributed by atoms with Crippen molar-refractivity contribution in [2.75, 3.05) is 6.54 Å². The zero-order chi connectivity index (χ0) is 5.28. The maximum Gasteiger partial charge on any atom is -0.00489 e. The van der Waals surface area contributed by atoms with E-state index in [1.54, 1.807) is 0 Å². The lowest BCUT2D eigenvalue weighted by molar-refractivity contribution is 0.521. The summed E-state index contributed by atoms with van der Waals surface area (Å²) in [5.74, 6) is 1.78. The number of nitrogens with two attached hydrogens (primary N) is 1. The molecule has 0 amide bonds. The molecular weight excluding hydrogens is 86.1 g/mol. The first kappa shape index (κ1) is 5.10. The maximum atomic E-state index is 5.41. The molecule has 0 aromatic rings. The lowest BCUT2D eigenvalue weighted by Crippen LogP contribution is -2.11. The average Bonchev–Trinajstić information content (AvgIpc) is 2.44. The summed E-state index contributed by atoms with van der Waals surface area (Å²) in [5.41, 5.74) is 5.41. The van der Waals surface area contributed by atoms with E-state index in [-0.39, 0.29) is 0 Å². The number of hydrogen-bond donors (Lipinski definition) is 1. The molecule has 1 saturated carbocycles. The van der Waals surface area contributed by atoms with Crippen molar-refractivity contribution in [1.82, 2.24) is 0 Å². The van der Waals surface area contributed by atoms with Crippen molar-refractivity contribution < 1.29 is 0 Å². The summed E-state index contributed by atoms with van der Waals surface area (Å²) in [4.78, 5) is 0. The van der Waals surface area contributed by atoms with Gasteiger partial charge in [-0.3, -0.25) is 0 Å². The fourth-order valence-corrected chi connectivity index (χ4v) is 0.858. The van der Waals surface area contributed by atoms with Crippen LogP contribution in [0.5, 0.6) is 0 Å². The van der Waals surface area contributed by atoms with E-state index in [4.69, 9.17) is 5.73 Å². The van der Waals surface area contributed by atoms with Crippen LogP contribution < -0.4 is 5.73 Å². The zero-order valence-corrected chi connectivity index (χ0v) is 4.85. The van der Waals surface area contributed by atoms with Crippen LogP contribution in [0, 0.1) is 11.8 Å². The molecule has 1 heteroatoms. The molecule has 1 fully saturated rings. The van der Waals surface area contributed by atoms with Gasteiger partial charge in [-0.2, -0.15) is 0 Å². The van der Waals surface area contributed by atoms with Crippen LogP contribution in [0.15, 0.2) is 0 Å². The second-order valence-electron chi connectivity index (χ2n) is 2.55. The minimum atomic E-state index is 0.792. The third-order valence-corrected chi connectivity index (χ3v) is 1.80. The quantitative estimate of drug-likeness (QED) is 0.549. The Morgan fingerprint density at radius 1 is 1.71 bits per heavy atom. The van der Waals surface area contributed by atoms with Crippen molar-refractivity contribution in [3.05, 3.63) is 0 Å². The lowest BCUT2D eigenvalue weighted by atomic mass is 10.1. The second kappa shape index (κ2) is 1.83. The van der Waals surface area contributed by atoms with E-state index in [1.165, 1.54) is 12.8 Å². The average molecular weight is 99.2 g/mol. The standard InChI is InChI=1S/C6H13N/c1-5(4-7)6-2-3-6/h5-6H,2-4,7H2,1H3. The summed E-state index contributed by atoms with van der Waals surface area (Å²) >= 11 is 0. The Hall–Kier alpha value is -0.0400. The van der Waals surface area contributed by atoms with Gasteiger partial charge in [0.1, 0.15) is 0 Å². The fourth-order valence-electron chi connectivity index (χ4n) is 0.858. The van der Waals surface area contributed by atoms with Crippen LogP contribution >= 0.6 is 0 Å². The van der Waals surface area contributed by atoms with Crippen molar-refractivity contribution in [3.8, 4) is 0 Å². The Labute approximate surface area is 44.9 Å². The molecule has 1 aliphatic rings. The summed E-state index contributed by atoms with van der Waals surface area (Å²) in [5, 5.41) is 0. The van der Waals surface area contributed by atoms with Gasteiger partial charge in [0.05, 0.1) is 0 Å². The smallest absolute Gasteiger partial charge is 0.00489 e. The monoisotopic (exact) mass is 99.1 g/mol. The Bertz CT molecular complexity index is 57.2. The Morgan fingerprint density at radius 3 is 2.43 bits per heavy atom. The third kappa shape index (κ3) is 1.16. The topological polar surface area (TPSA) is 26.0 Å². The molecule has 1 rings (SSSR count). The van der Waals surface area contributed by atoms with Crippen molar-refractivity contribution in [2.45, 2.75) is 19.8 Å². The van der Waals surface area contributed by atoms with Crippen LogP contribution in [-0.4, -0.2) is 6.54 Å². The highest BCUT2D eigenvalue weighted by Crippen LogP contribution is 2.35. The first-order chi connectivity index (χ1) is 3.34. The first-order valence-corrected chi connectivity index (χ1v) is 3.04. The van der Waals surface area contributed by atoms with Crippen LogP contribution in [0.4, 0.5) is 0 Å². The molecule has 0 aromatic heterocycles. The summed E-state index contributed by atoms with van der Waals surface area (Å²) < 4.78 is 0. The normalized spacial score (nSPS) is 24.9. The van der Waals surface area contributed by atoms with Crippen molar-refractivity contribution >= 4 is 0 Å². The van der Waals surface area contributed by atoms with Gasteiger partial charge in [-0.1, -0.05) is 6.92 Å². The molecular formula is C6H13N. The van der Waals surface area contributed by atoms with Crippen LogP contribution in [0.3, 0.4) is 0 Å². The highest BCUT2D eigenvalue weighted by molar-refractivity contribution is 4.78. The maximum absolute atomic E-state index is 5.41. The molecule has 1 atom stereocenters. The Kier molecular flexibility index (Phi) is 1.33. The van der Waals surface area contributed by atoms with Gasteiger partial charge in [0.15, 0.2) is 0 Å². The molecule has 0 radical (unpaired) electrons. The van der Waals surface area contributed by atoms with Gasteiger partial charge >= 0.3 is 0 Å². The summed E-state index contributed by atoms with van der Waals surface area (Å²) in [6, 6.07) is 0. The second-order valence-corrected chi connectivity index (χ2v) is 2.55. The molecule has 0 saturated heterocycles. The largest absolute Gasteiger partial charge is 0.330 e. The third-order valence-electron chi connectivity index (χ3n) is 1.80. The Balaban J connectivity index is 2.10. The fraction of sp³-hybridized carbons (Fsp3) is 1.00. The van der Waals surface area contributed by atoms with E-state index in [1.807, 2.05) is 0 Å². The summed E-state index contributed by atoms with van der Waals surface area (Å²) in [6.45, 7) is 3.11. The van der Waals surface area contributed by atoms with Crippen LogP contribution in [0.1, 0.15) is 19.8 Å². The molecule has 0 heterocycles. The minimum Gasteiger partial charge on any atom is -0.330 e. The predicted molar refractivity (Wildman–Crippen MR) is 30.9 cm³/mol. The number of rotatable bonds is 2. The van der Waals surface area contributed by atoms with E-state index in [0.29, 0.717) is 0 Å². The van der Waals surface area contributed by atoms with E-state index in [9.17, 15) is 0 Å². The van der Waals surface area contributed by atoms with E-state index < -0.39 is 0 Å². The molecule has 7 heavy (non-hydrogen) atoms. The highest BCUT2D eigenvalue weighted by Gasteiger charge is 2.26. The van der Waals surface area contributed by atoms with Crippen molar-refractivity contribution in [2.24, 2.45) is 17.6 Å². The van der Waals surface area contributed by atoms with Crippen molar-refractivity contribution in [3.63, 3.8) is 0 Å². The van der Waals surface area contributed by atoms with Gasteiger partial charge < -0.3 is 5.73 Å². The summed E-state index contributed by atoms with van der Waals surface area (Å²) in [7, 11) is 0. The molecule has 0 spiro atoms. The van der Waals surface area contributed by atoms with E-state index in [2.05, 4.69) is 6.92 Å². The van der Waals surface area contributed by atoms with Gasteiger partial charge in [-0.15, -0.1) is 0 Å². The SMILES string of the molecule is CC(CN)C1CC1. The van der Waals surface area contributed by atoms with Crippen LogP contribution in [0.25, 0.3) is 0 Å². The van der Waals surface area contributed by atoms with E-state index in [0.717, 1.165) is 18.4 Å². The molecule has 1 nitrogen and oxygen atoms in total. The highest BCUT2D eigenvalue weighted by atomic mass is 14.6. The van der Waals surface area contributed by atoms with Crippen LogP contribution in [-0.2, 0) is 0 Å². The van der Waals surface area contributed by atoms with Gasteiger partial charge in [-0.25, -0.2) is 0 Å². The first-order valence-electron chi connectivity index (χ1n) is 3.04. The van der Waals surface area contributed by atoms with Gasteiger partial charge in [-0.05, 0) is 31.2 Å². The van der Waals surface area contributed by atoms with E-state index >= 15 is 0 Å². The predicted octanol–water partition coefficient (Wildman–Crippen LogP) is 0.991. The van der Waals surface area contributed by atoms with Crippen molar-refractivity contribution in [1.29, 1.82) is 0 Å². The molecule has 0 aliphatic heterocycles.